The van der Waals surface area contributed by atoms with Crippen molar-refractivity contribution in [3.8, 4) is 27.7 Å². The van der Waals surface area contributed by atoms with Crippen LogP contribution in [0.1, 0.15) is 12.8 Å². The molecule has 10 heteroatoms. The fraction of sp³-hybridized carbons (Fsp3) is 0.269. The van der Waals surface area contributed by atoms with E-state index in [0.717, 1.165) is 47.0 Å². The molecule has 1 atom stereocenters. The summed E-state index contributed by atoms with van der Waals surface area (Å²) in [6.45, 7) is 2.19. The Hall–Kier alpha value is -3.56. The number of aromatic nitrogens is 4. The summed E-state index contributed by atoms with van der Waals surface area (Å²) in [5, 5.41) is 22.8. The van der Waals surface area contributed by atoms with Crippen molar-refractivity contribution in [2.24, 2.45) is 5.92 Å². The number of anilines is 1. The van der Waals surface area contributed by atoms with E-state index in [1.165, 1.54) is 0 Å². The van der Waals surface area contributed by atoms with E-state index in [2.05, 4.69) is 30.6 Å². The molecule has 1 fully saturated rings. The van der Waals surface area contributed by atoms with Gasteiger partial charge in [-0.05, 0) is 54.6 Å². The van der Waals surface area contributed by atoms with Crippen LogP contribution in [0.4, 0.5) is 5.82 Å². The maximum atomic E-state index is 12.8. The van der Waals surface area contributed by atoms with Gasteiger partial charge >= 0.3 is 0 Å². The fourth-order valence-electron chi connectivity index (χ4n) is 4.09. The van der Waals surface area contributed by atoms with Crippen LogP contribution in [0.25, 0.3) is 21.8 Å². The lowest BCUT2D eigenvalue weighted by Crippen LogP contribution is -2.44. The smallest absolute Gasteiger partial charge is 0.233 e. The normalized spacial score (nSPS) is 15.5. The molecule has 0 radical (unpaired) electrons. The predicted octanol–water partition coefficient (Wildman–Crippen LogP) is 4.73. The van der Waals surface area contributed by atoms with Crippen LogP contribution in [0, 0.1) is 5.92 Å². The minimum absolute atomic E-state index is 0.0215. The molecule has 1 aliphatic heterocycles. The number of nitrogens with one attached hydrogen (secondary N) is 1. The topological polar surface area (TPSA) is 93.1 Å². The number of halogens is 1. The van der Waals surface area contributed by atoms with Crippen LogP contribution in [0.2, 0.25) is 5.02 Å². The van der Waals surface area contributed by atoms with Gasteiger partial charge in [-0.3, -0.25) is 4.79 Å². The summed E-state index contributed by atoms with van der Waals surface area (Å²) in [5.74, 6) is 1.13. The molecule has 1 saturated heterocycles. The summed E-state index contributed by atoms with van der Waals surface area (Å²) in [6.07, 6.45) is 1.76. The molecule has 1 unspecified atom stereocenters. The number of hydrogen-bond acceptors (Lipinski definition) is 8. The first-order chi connectivity index (χ1) is 17.7. The summed E-state index contributed by atoms with van der Waals surface area (Å²) >= 11 is 7.58. The first-order valence-corrected chi connectivity index (χ1v) is 13.0. The molecule has 184 valence electrons. The van der Waals surface area contributed by atoms with Gasteiger partial charge in [-0.25, -0.2) is 0 Å². The molecular weight excluding hydrogens is 496 g/mol. The van der Waals surface area contributed by atoms with E-state index < -0.39 is 0 Å². The minimum Gasteiger partial charge on any atom is -0.475 e. The highest BCUT2D eigenvalue weighted by atomic mass is 35.5. The van der Waals surface area contributed by atoms with Crippen molar-refractivity contribution in [1.29, 1.82) is 0 Å². The highest BCUT2D eigenvalue weighted by Crippen LogP contribution is 2.25. The third kappa shape index (κ3) is 5.98. The first-order valence-electron chi connectivity index (χ1n) is 11.8. The second-order valence-corrected chi connectivity index (χ2v) is 9.83. The van der Waals surface area contributed by atoms with Crippen LogP contribution < -0.4 is 15.0 Å². The van der Waals surface area contributed by atoms with Crippen molar-refractivity contribution in [3.05, 3.63) is 71.1 Å². The molecule has 1 N–H and O–H groups in total. The fourth-order valence-corrected chi connectivity index (χ4v) is 4.91. The monoisotopic (exact) mass is 520 g/mol. The molecule has 0 aliphatic carbocycles. The maximum Gasteiger partial charge on any atom is 0.233 e. The summed E-state index contributed by atoms with van der Waals surface area (Å²) in [6, 6.07) is 19.1. The Morgan fingerprint density at radius 3 is 2.58 bits per heavy atom. The maximum absolute atomic E-state index is 12.8. The molecule has 1 aliphatic rings. The zero-order valence-corrected chi connectivity index (χ0v) is 21.1. The predicted molar refractivity (Wildman–Crippen MR) is 141 cm³/mol. The Bertz CT molecular complexity index is 1270. The molecule has 4 heterocycles. The third-order valence-corrected chi connectivity index (χ3v) is 7.12. The number of benzene rings is 1. The highest BCUT2D eigenvalue weighted by Gasteiger charge is 2.26. The van der Waals surface area contributed by atoms with Crippen molar-refractivity contribution < 1.29 is 9.53 Å². The van der Waals surface area contributed by atoms with Crippen LogP contribution in [-0.2, 0) is 4.79 Å². The lowest BCUT2D eigenvalue weighted by atomic mass is 9.97. The third-order valence-electron chi connectivity index (χ3n) is 5.97. The zero-order valence-electron chi connectivity index (χ0n) is 19.5. The van der Waals surface area contributed by atoms with E-state index in [0.29, 0.717) is 30.6 Å². The molecule has 0 spiro atoms. The van der Waals surface area contributed by atoms with Crippen LogP contribution in [0.3, 0.4) is 0 Å². The molecule has 0 saturated carbocycles. The number of amides is 1. The number of piperidine rings is 1. The van der Waals surface area contributed by atoms with Gasteiger partial charge in [0.15, 0.2) is 5.82 Å². The van der Waals surface area contributed by atoms with Gasteiger partial charge in [0.1, 0.15) is 12.3 Å². The first kappa shape index (κ1) is 24.1. The summed E-state index contributed by atoms with van der Waals surface area (Å²) in [4.78, 5) is 15.9. The molecule has 4 aromatic rings. The van der Waals surface area contributed by atoms with Crippen LogP contribution in [0.15, 0.2) is 66.0 Å². The van der Waals surface area contributed by atoms with Gasteiger partial charge in [0.25, 0.3) is 0 Å². The highest BCUT2D eigenvalue weighted by molar-refractivity contribution is 7.13. The van der Waals surface area contributed by atoms with E-state index in [-0.39, 0.29) is 11.8 Å². The van der Waals surface area contributed by atoms with E-state index in [4.69, 9.17) is 16.3 Å². The van der Waals surface area contributed by atoms with E-state index in [9.17, 15) is 4.79 Å². The van der Waals surface area contributed by atoms with Crippen molar-refractivity contribution >= 4 is 34.7 Å². The van der Waals surface area contributed by atoms with Crippen LogP contribution in [-0.4, -0.2) is 52.5 Å². The Kier molecular flexibility index (Phi) is 7.68. The van der Waals surface area contributed by atoms with Gasteiger partial charge in [-0.15, -0.1) is 31.7 Å². The lowest BCUT2D eigenvalue weighted by Gasteiger charge is -2.32. The number of rotatable bonds is 8. The Labute approximate surface area is 218 Å². The molecule has 36 heavy (non-hydrogen) atoms. The Balaban J connectivity index is 1.08. The summed E-state index contributed by atoms with van der Waals surface area (Å²) in [5.41, 5.74) is 2.56. The molecular formula is C26H25ClN6O2S. The molecule has 3 aromatic heterocycles. The molecule has 5 rings (SSSR count). The molecule has 0 bridgehead atoms. The second kappa shape index (κ2) is 11.5. The van der Waals surface area contributed by atoms with Crippen molar-refractivity contribution in [2.45, 2.75) is 12.8 Å². The Morgan fingerprint density at radius 1 is 1.03 bits per heavy atom. The second-order valence-electron chi connectivity index (χ2n) is 8.44. The standard InChI is InChI=1S/C26H25ClN6O2S/c27-20-7-5-18(6-8-20)21-9-11-24(31-29-21)33-14-1-3-19(17-33)26(34)28-13-15-35-25-12-10-22(30-32-25)23-4-2-16-36-23/h2,4-12,16,19H,1,3,13-15,17H2,(H,28,34). The average Bonchev–Trinajstić information content (AvgIpc) is 3.47. The van der Waals surface area contributed by atoms with Gasteiger partial charge < -0.3 is 15.0 Å². The summed E-state index contributed by atoms with van der Waals surface area (Å²) in [7, 11) is 0. The van der Waals surface area contributed by atoms with E-state index in [1.807, 2.05) is 60.0 Å². The number of carbonyl (C=O) groups excluding carboxylic acids is 1. The molecule has 8 nitrogen and oxygen atoms in total. The van der Waals surface area contributed by atoms with Gasteiger partial charge in [0, 0.05) is 29.7 Å². The lowest BCUT2D eigenvalue weighted by molar-refractivity contribution is -0.125. The molecule has 1 amide bonds. The van der Waals surface area contributed by atoms with Gasteiger partial charge in [-0.1, -0.05) is 29.8 Å². The van der Waals surface area contributed by atoms with Gasteiger partial charge in [-0.2, -0.15) is 0 Å². The van der Waals surface area contributed by atoms with Crippen LogP contribution in [0.5, 0.6) is 5.88 Å². The summed E-state index contributed by atoms with van der Waals surface area (Å²) < 4.78 is 5.64. The zero-order chi connectivity index (χ0) is 24.7. The number of thiophene rings is 1. The number of ether oxygens (including phenoxy) is 1. The van der Waals surface area contributed by atoms with Crippen molar-refractivity contribution in [3.63, 3.8) is 0 Å². The van der Waals surface area contributed by atoms with Gasteiger partial charge in [0.2, 0.25) is 11.8 Å². The quantitative estimate of drug-likeness (QED) is 0.336. The van der Waals surface area contributed by atoms with E-state index >= 15 is 0 Å². The van der Waals surface area contributed by atoms with Crippen LogP contribution >= 0.6 is 22.9 Å². The van der Waals surface area contributed by atoms with E-state index in [1.54, 1.807) is 17.4 Å². The van der Waals surface area contributed by atoms with Gasteiger partial charge in [0.05, 0.1) is 23.0 Å². The average molecular weight is 521 g/mol. The largest absolute Gasteiger partial charge is 0.475 e. The number of hydrogen-bond donors (Lipinski definition) is 1. The molecule has 1 aromatic carbocycles. The number of carbonyl (C=O) groups is 1. The van der Waals surface area contributed by atoms with Crippen molar-refractivity contribution in [2.75, 3.05) is 31.1 Å². The van der Waals surface area contributed by atoms with Crippen molar-refractivity contribution in [1.82, 2.24) is 25.7 Å². The Morgan fingerprint density at radius 2 is 1.86 bits per heavy atom. The number of nitrogens with zero attached hydrogens (tertiary/aromatic N) is 5. The minimum atomic E-state index is -0.110. The SMILES string of the molecule is O=C(NCCOc1ccc(-c2cccs2)nn1)C1CCCN(c2ccc(-c3ccc(Cl)cc3)nn2)C1.